The first-order chi connectivity index (χ1) is 14.2. The highest BCUT2D eigenvalue weighted by molar-refractivity contribution is 5.89. The van der Waals surface area contributed by atoms with Crippen LogP contribution in [0.4, 0.5) is 10.5 Å². The first kappa shape index (κ1) is 18.8. The highest BCUT2D eigenvalue weighted by Gasteiger charge is 2.32. The molecular formula is C23H23N5O. The molecule has 1 fully saturated rings. The molecule has 1 saturated heterocycles. The van der Waals surface area contributed by atoms with Gasteiger partial charge in [0.05, 0.1) is 24.2 Å². The van der Waals surface area contributed by atoms with Crippen molar-refractivity contribution in [2.75, 3.05) is 11.9 Å². The molecule has 1 atom stereocenters. The van der Waals surface area contributed by atoms with Gasteiger partial charge in [-0.05, 0) is 37.5 Å². The van der Waals surface area contributed by atoms with Gasteiger partial charge in [0.1, 0.15) is 5.82 Å². The van der Waals surface area contributed by atoms with Crippen molar-refractivity contribution in [3.63, 3.8) is 0 Å². The van der Waals surface area contributed by atoms with Gasteiger partial charge in [-0.15, -0.1) is 0 Å². The Kier molecular flexibility index (Phi) is 5.30. The lowest BCUT2D eigenvalue weighted by molar-refractivity contribution is 0.205. The van der Waals surface area contributed by atoms with Crippen molar-refractivity contribution in [1.29, 1.82) is 5.26 Å². The summed E-state index contributed by atoms with van der Waals surface area (Å²) in [4.78, 5) is 23.0. The van der Waals surface area contributed by atoms with Crippen molar-refractivity contribution in [3.8, 4) is 17.3 Å². The van der Waals surface area contributed by atoms with E-state index in [4.69, 9.17) is 10.2 Å². The topological polar surface area (TPSA) is 84.8 Å². The molecule has 6 heteroatoms. The van der Waals surface area contributed by atoms with Crippen LogP contribution in [0, 0.1) is 18.3 Å². The summed E-state index contributed by atoms with van der Waals surface area (Å²) in [5, 5.41) is 11.7. The van der Waals surface area contributed by atoms with Crippen molar-refractivity contribution in [3.05, 3.63) is 71.7 Å². The third kappa shape index (κ3) is 3.99. The van der Waals surface area contributed by atoms with E-state index in [9.17, 15) is 4.79 Å². The van der Waals surface area contributed by atoms with Gasteiger partial charge in [-0.3, -0.25) is 0 Å². The van der Waals surface area contributed by atoms with Gasteiger partial charge in [-0.25, -0.2) is 9.78 Å². The van der Waals surface area contributed by atoms with E-state index in [1.807, 2.05) is 66.4 Å². The largest absolute Gasteiger partial charge is 0.344 e. The fourth-order valence-corrected chi connectivity index (χ4v) is 3.81. The van der Waals surface area contributed by atoms with E-state index in [0.29, 0.717) is 13.0 Å². The summed E-state index contributed by atoms with van der Waals surface area (Å²) in [6, 6.07) is 19.4. The summed E-state index contributed by atoms with van der Waals surface area (Å²) in [6.07, 6.45) is 2.19. The number of nitrogens with one attached hydrogen (secondary N) is 2. The zero-order chi connectivity index (χ0) is 20.2. The number of likely N-dealkylation sites (tertiary alicyclic amines) is 1. The number of benzene rings is 2. The summed E-state index contributed by atoms with van der Waals surface area (Å²) in [5.41, 5.74) is 4.67. The highest BCUT2D eigenvalue weighted by atomic mass is 16.2. The Bertz CT molecular complexity index is 1030. The molecule has 6 nitrogen and oxygen atoms in total. The number of hydrogen-bond acceptors (Lipinski definition) is 3. The van der Waals surface area contributed by atoms with Crippen LogP contribution >= 0.6 is 0 Å². The molecule has 2 heterocycles. The van der Waals surface area contributed by atoms with E-state index < -0.39 is 0 Å². The second-order valence-electron chi connectivity index (χ2n) is 7.28. The molecule has 3 aromatic rings. The van der Waals surface area contributed by atoms with Crippen molar-refractivity contribution >= 4 is 11.7 Å². The highest BCUT2D eigenvalue weighted by Crippen LogP contribution is 2.33. The Hall–Kier alpha value is -3.59. The van der Waals surface area contributed by atoms with Crippen molar-refractivity contribution < 1.29 is 4.79 Å². The van der Waals surface area contributed by atoms with Gasteiger partial charge in [-0.1, -0.05) is 42.5 Å². The number of anilines is 1. The number of nitriles is 1. The molecule has 0 aliphatic carbocycles. The molecule has 1 aromatic heterocycles. The zero-order valence-corrected chi connectivity index (χ0v) is 16.4. The number of nitrogens with zero attached hydrogens (tertiary/aromatic N) is 3. The summed E-state index contributed by atoms with van der Waals surface area (Å²) in [6.45, 7) is 2.71. The van der Waals surface area contributed by atoms with E-state index >= 15 is 0 Å². The monoisotopic (exact) mass is 385 g/mol. The number of amides is 2. The number of aryl methyl sites for hydroxylation is 1. The van der Waals surface area contributed by atoms with Gasteiger partial charge in [0.15, 0.2) is 0 Å². The standard InChI is InChI=1S/C23H23N5O/c1-16-21(18-6-3-2-4-7-18)27-22(25-16)20-8-5-15-28(20)23(29)26-19-11-9-17(10-12-19)13-14-24/h2-4,6-7,9-12,20H,5,8,13,15H2,1H3,(H,25,27)(H,26,29)/t20-/m0/s1. The van der Waals surface area contributed by atoms with Crippen LogP contribution in [0.1, 0.15) is 36.0 Å². The third-order valence-electron chi connectivity index (χ3n) is 5.27. The van der Waals surface area contributed by atoms with Gasteiger partial charge in [0.2, 0.25) is 0 Å². The minimum Gasteiger partial charge on any atom is -0.344 e. The van der Waals surface area contributed by atoms with Crippen LogP contribution in [0.2, 0.25) is 0 Å². The molecular weight excluding hydrogens is 362 g/mol. The maximum absolute atomic E-state index is 12.9. The maximum Gasteiger partial charge on any atom is 0.322 e. The van der Waals surface area contributed by atoms with E-state index in [1.54, 1.807) is 0 Å². The molecule has 2 amide bonds. The molecule has 146 valence electrons. The molecule has 1 aliphatic heterocycles. The summed E-state index contributed by atoms with van der Waals surface area (Å²) >= 11 is 0. The van der Waals surface area contributed by atoms with Gasteiger partial charge in [0, 0.05) is 23.5 Å². The van der Waals surface area contributed by atoms with Crippen LogP contribution in [-0.4, -0.2) is 27.4 Å². The Labute approximate surface area is 170 Å². The van der Waals surface area contributed by atoms with Crippen molar-refractivity contribution in [2.45, 2.75) is 32.2 Å². The fraction of sp³-hybridized carbons (Fsp3) is 0.261. The Morgan fingerprint density at radius 1 is 1.24 bits per heavy atom. The van der Waals surface area contributed by atoms with E-state index in [0.717, 1.165) is 46.9 Å². The van der Waals surface area contributed by atoms with Crippen LogP contribution in [0.15, 0.2) is 54.6 Å². The van der Waals surface area contributed by atoms with E-state index in [1.165, 1.54) is 0 Å². The Balaban J connectivity index is 1.50. The zero-order valence-electron chi connectivity index (χ0n) is 16.4. The number of rotatable bonds is 4. The smallest absolute Gasteiger partial charge is 0.322 e. The minimum absolute atomic E-state index is 0.0657. The molecule has 0 unspecified atom stereocenters. The molecule has 0 bridgehead atoms. The normalized spacial score (nSPS) is 15.9. The van der Waals surface area contributed by atoms with Crippen LogP contribution in [0.25, 0.3) is 11.3 Å². The summed E-state index contributed by atoms with van der Waals surface area (Å²) in [7, 11) is 0. The third-order valence-corrected chi connectivity index (χ3v) is 5.27. The SMILES string of the molecule is Cc1[nH]c([C@@H]2CCCN2C(=O)Nc2ccc(CC#N)cc2)nc1-c1ccccc1. The van der Waals surface area contributed by atoms with Crippen LogP contribution in [-0.2, 0) is 6.42 Å². The molecule has 0 radical (unpaired) electrons. The molecule has 2 aromatic carbocycles. The van der Waals surface area contributed by atoms with Gasteiger partial charge >= 0.3 is 6.03 Å². The molecule has 1 aliphatic rings. The molecule has 0 saturated carbocycles. The molecule has 29 heavy (non-hydrogen) atoms. The molecule has 4 rings (SSSR count). The Morgan fingerprint density at radius 2 is 2.00 bits per heavy atom. The average Bonchev–Trinajstić information content (AvgIpc) is 3.37. The van der Waals surface area contributed by atoms with Crippen molar-refractivity contribution in [1.82, 2.24) is 14.9 Å². The van der Waals surface area contributed by atoms with Crippen molar-refractivity contribution in [2.24, 2.45) is 0 Å². The van der Waals surface area contributed by atoms with Gasteiger partial charge in [-0.2, -0.15) is 5.26 Å². The first-order valence-corrected chi connectivity index (χ1v) is 9.81. The number of carbonyl (C=O) groups excluding carboxylic acids is 1. The van der Waals surface area contributed by atoms with Crippen LogP contribution in [0.3, 0.4) is 0 Å². The minimum atomic E-state index is -0.129. The number of H-pyrrole nitrogens is 1. The number of aromatic nitrogens is 2. The van der Waals surface area contributed by atoms with E-state index in [-0.39, 0.29) is 12.1 Å². The van der Waals surface area contributed by atoms with Crippen LogP contribution < -0.4 is 5.32 Å². The van der Waals surface area contributed by atoms with Crippen LogP contribution in [0.5, 0.6) is 0 Å². The number of hydrogen-bond donors (Lipinski definition) is 2. The lowest BCUT2D eigenvalue weighted by atomic mass is 10.1. The summed E-state index contributed by atoms with van der Waals surface area (Å²) < 4.78 is 0. The van der Waals surface area contributed by atoms with E-state index in [2.05, 4.69) is 16.4 Å². The number of imidazole rings is 1. The first-order valence-electron chi connectivity index (χ1n) is 9.81. The molecule has 2 N–H and O–H groups in total. The second-order valence-corrected chi connectivity index (χ2v) is 7.28. The molecule has 0 spiro atoms. The number of urea groups is 1. The lowest BCUT2D eigenvalue weighted by Gasteiger charge is -2.23. The number of aromatic amines is 1. The fourth-order valence-electron chi connectivity index (χ4n) is 3.81. The summed E-state index contributed by atoms with van der Waals surface area (Å²) in [5.74, 6) is 0.832. The predicted octanol–water partition coefficient (Wildman–Crippen LogP) is 4.82. The van der Waals surface area contributed by atoms with Gasteiger partial charge in [0.25, 0.3) is 0 Å². The second kappa shape index (κ2) is 8.19. The Morgan fingerprint density at radius 3 is 2.72 bits per heavy atom. The number of carbonyl (C=O) groups is 1. The average molecular weight is 385 g/mol. The predicted molar refractivity (Wildman–Crippen MR) is 112 cm³/mol. The lowest BCUT2D eigenvalue weighted by Crippen LogP contribution is -2.34. The maximum atomic E-state index is 12.9. The quantitative estimate of drug-likeness (QED) is 0.675. The van der Waals surface area contributed by atoms with Gasteiger partial charge < -0.3 is 15.2 Å².